The molecule has 1 saturated carbocycles. The van der Waals surface area contributed by atoms with E-state index in [1.807, 2.05) is 29.2 Å². The van der Waals surface area contributed by atoms with Crippen molar-refractivity contribution in [1.82, 2.24) is 15.1 Å². The van der Waals surface area contributed by atoms with Crippen LogP contribution in [0.4, 0.5) is 4.79 Å². The molecule has 1 aromatic carbocycles. The molecule has 1 aliphatic heterocycles. The number of amides is 3. The SMILES string of the molecule is CC(C)(C)c1ccc([C@]2(C)NC(=O)N(CN(CC#N)C3CC3)C2=O)cc1. The number of hydrogen-bond acceptors (Lipinski definition) is 4. The van der Waals surface area contributed by atoms with Crippen molar-refractivity contribution in [1.29, 1.82) is 5.26 Å². The van der Waals surface area contributed by atoms with Crippen LogP contribution in [-0.4, -0.2) is 41.0 Å². The van der Waals surface area contributed by atoms with Gasteiger partial charge in [-0.2, -0.15) is 5.26 Å². The molecule has 6 heteroatoms. The highest BCUT2D eigenvalue weighted by Crippen LogP contribution is 2.32. The highest BCUT2D eigenvalue weighted by Gasteiger charge is 2.50. The van der Waals surface area contributed by atoms with E-state index < -0.39 is 11.6 Å². The second-order valence-electron chi connectivity index (χ2n) is 8.39. The first-order chi connectivity index (χ1) is 12.2. The van der Waals surface area contributed by atoms with Gasteiger partial charge < -0.3 is 5.32 Å². The summed E-state index contributed by atoms with van der Waals surface area (Å²) in [7, 11) is 0. The van der Waals surface area contributed by atoms with E-state index in [0.29, 0.717) is 6.04 Å². The van der Waals surface area contributed by atoms with Gasteiger partial charge >= 0.3 is 6.03 Å². The Hall–Kier alpha value is -2.39. The van der Waals surface area contributed by atoms with Crippen LogP contribution in [0.3, 0.4) is 0 Å². The third-order valence-electron chi connectivity index (χ3n) is 5.26. The Morgan fingerprint density at radius 2 is 1.88 bits per heavy atom. The zero-order valence-electron chi connectivity index (χ0n) is 15.9. The lowest BCUT2D eigenvalue weighted by molar-refractivity contribution is -0.132. The predicted octanol–water partition coefficient (Wildman–Crippen LogP) is 2.70. The lowest BCUT2D eigenvalue weighted by atomic mass is 9.84. The van der Waals surface area contributed by atoms with Crippen LogP contribution < -0.4 is 5.32 Å². The van der Waals surface area contributed by atoms with Crippen LogP contribution in [0.15, 0.2) is 24.3 Å². The number of imide groups is 1. The van der Waals surface area contributed by atoms with E-state index in [9.17, 15) is 9.59 Å². The molecule has 2 aliphatic rings. The van der Waals surface area contributed by atoms with Gasteiger partial charge in [0.2, 0.25) is 0 Å². The van der Waals surface area contributed by atoms with Crippen LogP contribution >= 0.6 is 0 Å². The third kappa shape index (κ3) is 3.32. The lowest BCUT2D eigenvalue weighted by Crippen LogP contribution is -2.44. The summed E-state index contributed by atoms with van der Waals surface area (Å²) in [4.78, 5) is 28.6. The van der Waals surface area contributed by atoms with Gasteiger partial charge in [-0.3, -0.25) is 9.69 Å². The highest BCUT2D eigenvalue weighted by atomic mass is 16.2. The summed E-state index contributed by atoms with van der Waals surface area (Å²) in [5, 5.41) is 11.8. The van der Waals surface area contributed by atoms with Crippen LogP contribution in [0.2, 0.25) is 0 Å². The summed E-state index contributed by atoms with van der Waals surface area (Å²) < 4.78 is 0. The second kappa shape index (κ2) is 6.40. The topological polar surface area (TPSA) is 76.4 Å². The van der Waals surface area contributed by atoms with E-state index in [0.717, 1.165) is 18.4 Å². The summed E-state index contributed by atoms with van der Waals surface area (Å²) in [6, 6.07) is 9.86. The van der Waals surface area contributed by atoms with E-state index in [2.05, 4.69) is 32.2 Å². The molecule has 1 aromatic rings. The van der Waals surface area contributed by atoms with Crippen molar-refractivity contribution in [2.75, 3.05) is 13.2 Å². The first kappa shape index (κ1) is 18.4. The van der Waals surface area contributed by atoms with Crippen molar-refractivity contribution in [2.24, 2.45) is 0 Å². The van der Waals surface area contributed by atoms with Crippen LogP contribution in [0.5, 0.6) is 0 Å². The number of carbonyl (C=O) groups is 2. The Morgan fingerprint density at radius 1 is 1.27 bits per heavy atom. The van der Waals surface area contributed by atoms with Gasteiger partial charge in [-0.1, -0.05) is 45.0 Å². The number of nitriles is 1. The number of benzene rings is 1. The number of nitrogens with zero attached hydrogens (tertiary/aromatic N) is 3. The number of carbonyl (C=O) groups excluding carboxylic acids is 2. The van der Waals surface area contributed by atoms with Gasteiger partial charge in [-0.25, -0.2) is 9.69 Å². The summed E-state index contributed by atoms with van der Waals surface area (Å²) >= 11 is 0. The molecule has 0 spiro atoms. The Labute approximate surface area is 154 Å². The van der Waals surface area contributed by atoms with Gasteiger partial charge in [0, 0.05) is 6.04 Å². The number of rotatable bonds is 5. The van der Waals surface area contributed by atoms with Crippen molar-refractivity contribution >= 4 is 11.9 Å². The maximum atomic E-state index is 13.0. The predicted molar refractivity (Wildman–Crippen MR) is 98.1 cm³/mol. The first-order valence-electron chi connectivity index (χ1n) is 9.03. The van der Waals surface area contributed by atoms with Crippen LogP contribution in [0, 0.1) is 11.3 Å². The molecule has 1 N–H and O–H groups in total. The third-order valence-corrected chi connectivity index (χ3v) is 5.26. The van der Waals surface area contributed by atoms with Gasteiger partial charge in [0.1, 0.15) is 5.54 Å². The molecule has 1 saturated heterocycles. The van der Waals surface area contributed by atoms with E-state index in [1.54, 1.807) is 6.92 Å². The first-order valence-corrected chi connectivity index (χ1v) is 9.03. The lowest BCUT2D eigenvalue weighted by Gasteiger charge is -2.26. The Kier molecular flexibility index (Phi) is 4.53. The molecule has 3 amide bonds. The molecule has 1 aliphatic carbocycles. The second-order valence-corrected chi connectivity index (χ2v) is 8.39. The largest absolute Gasteiger partial charge is 0.326 e. The molecule has 0 radical (unpaired) electrons. The zero-order valence-corrected chi connectivity index (χ0v) is 15.9. The number of urea groups is 1. The van der Waals surface area contributed by atoms with Crippen molar-refractivity contribution in [2.45, 2.75) is 57.5 Å². The minimum Gasteiger partial charge on any atom is -0.319 e. The molecule has 26 heavy (non-hydrogen) atoms. The van der Waals surface area contributed by atoms with Crippen LogP contribution in [-0.2, 0) is 15.7 Å². The normalized spacial score (nSPS) is 23.3. The van der Waals surface area contributed by atoms with Crippen molar-refractivity contribution < 1.29 is 9.59 Å². The smallest absolute Gasteiger partial charge is 0.319 e. The molecule has 0 unspecified atom stereocenters. The van der Waals surface area contributed by atoms with Gasteiger partial charge in [-0.15, -0.1) is 0 Å². The minimum absolute atomic E-state index is 0.0243. The molecule has 2 fully saturated rings. The monoisotopic (exact) mass is 354 g/mol. The van der Waals surface area contributed by atoms with Crippen molar-refractivity contribution in [3.63, 3.8) is 0 Å². The fraction of sp³-hybridized carbons (Fsp3) is 0.550. The van der Waals surface area contributed by atoms with E-state index in [4.69, 9.17) is 5.26 Å². The van der Waals surface area contributed by atoms with E-state index in [1.165, 1.54) is 10.5 Å². The quantitative estimate of drug-likeness (QED) is 0.651. The molecular formula is C20H26N4O2. The van der Waals surface area contributed by atoms with Crippen LogP contribution in [0.1, 0.15) is 51.7 Å². The molecular weight excluding hydrogens is 328 g/mol. The van der Waals surface area contributed by atoms with E-state index in [-0.39, 0.29) is 24.5 Å². The molecule has 0 aromatic heterocycles. The van der Waals surface area contributed by atoms with Crippen molar-refractivity contribution in [3.05, 3.63) is 35.4 Å². The van der Waals surface area contributed by atoms with Crippen LogP contribution in [0.25, 0.3) is 0 Å². The maximum Gasteiger partial charge on any atom is 0.326 e. The summed E-state index contributed by atoms with van der Waals surface area (Å²) in [6.07, 6.45) is 2.02. The van der Waals surface area contributed by atoms with Gasteiger partial charge in [0.15, 0.2) is 0 Å². The van der Waals surface area contributed by atoms with E-state index >= 15 is 0 Å². The number of hydrogen-bond donors (Lipinski definition) is 1. The highest BCUT2D eigenvalue weighted by molar-refractivity contribution is 6.07. The molecule has 3 rings (SSSR count). The van der Waals surface area contributed by atoms with Crippen molar-refractivity contribution in [3.8, 4) is 6.07 Å². The van der Waals surface area contributed by atoms with Gasteiger partial charge in [-0.05, 0) is 36.3 Å². The molecule has 0 bridgehead atoms. The zero-order chi connectivity index (χ0) is 19.1. The average molecular weight is 354 g/mol. The Morgan fingerprint density at radius 3 is 2.38 bits per heavy atom. The van der Waals surface area contributed by atoms with Gasteiger partial charge in [0.25, 0.3) is 5.91 Å². The summed E-state index contributed by atoms with van der Waals surface area (Å²) in [6.45, 7) is 8.53. The standard InChI is InChI=1S/C20H26N4O2/c1-19(2,3)14-5-7-15(8-6-14)20(4)17(25)24(18(26)22-20)13-23(12-11-21)16-9-10-16/h5-8,16H,9-10,12-13H2,1-4H3,(H,22,26)/t20-/m0/s1. The van der Waals surface area contributed by atoms with Gasteiger partial charge in [0.05, 0.1) is 19.3 Å². The fourth-order valence-corrected chi connectivity index (χ4v) is 3.33. The average Bonchev–Trinajstić information content (AvgIpc) is 3.39. The fourth-order valence-electron chi connectivity index (χ4n) is 3.33. The molecule has 138 valence electrons. The summed E-state index contributed by atoms with van der Waals surface area (Å²) in [5.41, 5.74) is 0.892. The molecule has 6 nitrogen and oxygen atoms in total. The number of nitrogens with one attached hydrogen (secondary N) is 1. The maximum absolute atomic E-state index is 13.0. The molecule has 1 heterocycles. The molecule has 1 atom stereocenters. The summed E-state index contributed by atoms with van der Waals surface area (Å²) in [5.74, 6) is -0.269. The Balaban J connectivity index is 1.81. The Bertz CT molecular complexity index is 756. The minimum atomic E-state index is -1.07.